The van der Waals surface area contributed by atoms with Crippen LogP contribution < -0.4 is 10.1 Å². The Balaban J connectivity index is 2.26. The molecule has 2 nitrogen and oxygen atoms in total. The van der Waals surface area contributed by atoms with Crippen molar-refractivity contribution >= 4 is 21.6 Å². The molecule has 19 heavy (non-hydrogen) atoms. The van der Waals surface area contributed by atoms with Crippen molar-refractivity contribution in [2.75, 3.05) is 12.4 Å². The fraction of sp³-hybridized carbons (Fsp3) is 0.250. The third-order valence-electron chi connectivity index (χ3n) is 3.19. The summed E-state index contributed by atoms with van der Waals surface area (Å²) in [5.74, 6) is 0.851. The number of aryl methyl sites for hydroxylation is 1. The molecule has 2 rings (SSSR count). The van der Waals surface area contributed by atoms with E-state index in [1.165, 1.54) is 11.1 Å². The van der Waals surface area contributed by atoms with Gasteiger partial charge in [-0.1, -0.05) is 40.2 Å². The van der Waals surface area contributed by atoms with Crippen LogP contribution in [0.5, 0.6) is 5.75 Å². The van der Waals surface area contributed by atoms with E-state index in [1.807, 2.05) is 18.2 Å². The number of hydrogen-bond acceptors (Lipinski definition) is 2. The highest BCUT2D eigenvalue weighted by atomic mass is 79.9. The monoisotopic (exact) mass is 319 g/mol. The molecule has 1 unspecified atom stereocenters. The molecule has 2 aromatic carbocycles. The summed E-state index contributed by atoms with van der Waals surface area (Å²) in [6, 6.07) is 14.6. The lowest BCUT2D eigenvalue weighted by Crippen LogP contribution is -2.09. The second kappa shape index (κ2) is 6.11. The number of nitrogens with one attached hydrogen (secondary N) is 1. The Labute approximate surface area is 122 Å². The molecule has 0 saturated carbocycles. The van der Waals surface area contributed by atoms with Gasteiger partial charge in [0.25, 0.3) is 0 Å². The van der Waals surface area contributed by atoms with Gasteiger partial charge in [0.15, 0.2) is 0 Å². The minimum absolute atomic E-state index is 0.226. The maximum absolute atomic E-state index is 5.38. The number of benzene rings is 2. The summed E-state index contributed by atoms with van der Waals surface area (Å²) in [5, 5.41) is 3.50. The largest absolute Gasteiger partial charge is 0.495 e. The Morgan fingerprint density at radius 1 is 1.16 bits per heavy atom. The first kappa shape index (κ1) is 13.9. The van der Waals surface area contributed by atoms with Crippen LogP contribution in [0.3, 0.4) is 0 Å². The van der Waals surface area contributed by atoms with Gasteiger partial charge in [0.2, 0.25) is 0 Å². The number of ether oxygens (including phenoxy) is 1. The van der Waals surface area contributed by atoms with Crippen LogP contribution in [0.2, 0.25) is 0 Å². The predicted octanol–water partition coefficient (Wildman–Crippen LogP) is 4.94. The van der Waals surface area contributed by atoms with Crippen LogP contribution in [0, 0.1) is 6.92 Å². The van der Waals surface area contributed by atoms with E-state index in [2.05, 4.69) is 59.4 Å². The normalized spacial score (nSPS) is 12.0. The summed E-state index contributed by atoms with van der Waals surface area (Å²) in [5.41, 5.74) is 3.58. The molecule has 0 saturated heterocycles. The van der Waals surface area contributed by atoms with Crippen LogP contribution in [-0.2, 0) is 0 Å². The first-order valence-corrected chi connectivity index (χ1v) is 7.06. The predicted molar refractivity (Wildman–Crippen MR) is 83.9 cm³/mol. The van der Waals surface area contributed by atoms with Crippen molar-refractivity contribution in [2.24, 2.45) is 0 Å². The fourth-order valence-electron chi connectivity index (χ4n) is 2.18. The number of rotatable bonds is 4. The van der Waals surface area contributed by atoms with Crippen molar-refractivity contribution in [3.63, 3.8) is 0 Å². The van der Waals surface area contributed by atoms with Gasteiger partial charge >= 0.3 is 0 Å². The molecule has 0 radical (unpaired) electrons. The van der Waals surface area contributed by atoms with Crippen LogP contribution in [0.25, 0.3) is 0 Å². The molecule has 0 aromatic heterocycles. The molecule has 0 amide bonds. The van der Waals surface area contributed by atoms with Crippen molar-refractivity contribution < 1.29 is 4.74 Å². The average molecular weight is 320 g/mol. The van der Waals surface area contributed by atoms with Gasteiger partial charge in [-0.3, -0.25) is 0 Å². The fourth-order valence-corrected chi connectivity index (χ4v) is 2.54. The van der Waals surface area contributed by atoms with E-state index in [4.69, 9.17) is 4.74 Å². The van der Waals surface area contributed by atoms with E-state index in [1.54, 1.807) is 7.11 Å². The van der Waals surface area contributed by atoms with E-state index in [9.17, 15) is 0 Å². The zero-order valence-electron chi connectivity index (χ0n) is 11.4. The van der Waals surface area contributed by atoms with E-state index in [0.29, 0.717) is 0 Å². The average Bonchev–Trinajstić information content (AvgIpc) is 2.39. The number of anilines is 1. The summed E-state index contributed by atoms with van der Waals surface area (Å²) >= 11 is 3.49. The van der Waals surface area contributed by atoms with E-state index >= 15 is 0 Å². The molecule has 0 aliphatic heterocycles. The first-order chi connectivity index (χ1) is 9.11. The second-order valence-corrected chi connectivity index (χ2v) is 5.48. The first-order valence-electron chi connectivity index (χ1n) is 6.27. The van der Waals surface area contributed by atoms with E-state index in [-0.39, 0.29) is 6.04 Å². The van der Waals surface area contributed by atoms with Crippen LogP contribution >= 0.6 is 15.9 Å². The summed E-state index contributed by atoms with van der Waals surface area (Å²) in [6.07, 6.45) is 0. The molecule has 0 heterocycles. The minimum atomic E-state index is 0.226. The molecule has 0 bridgehead atoms. The van der Waals surface area contributed by atoms with Crippen molar-refractivity contribution in [2.45, 2.75) is 19.9 Å². The summed E-state index contributed by atoms with van der Waals surface area (Å²) < 4.78 is 6.42. The third kappa shape index (κ3) is 3.29. The quantitative estimate of drug-likeness (QED) is 0.861. The molecule has 1 N–H and O–H groups in total. The van der Waals surface area contributed by atoms with Crippen molar-refractivity contribution in [1.82, 2.24) is 0 Å². The van der Waals surface area contributed by atoms with Crippen LogP contribution in [-0.4, -0.2) is 7.11 Å². The smallest absolute Gasteiger partial charge is 0.142 e. The lowest BCUT2D eigenvalue weighted by atomic mass is 10.0. The van der Waals surface area contributed by atoms with E-state index < -0.39 is 0 Å². The Bertz CT molecular complexity index is 568. The van der Waals surface area contributed by atoms with Crippen molar-refractivity contribution in [1.29, 1.82) is 0 Å². The van der Waals surface area contributed by atoms with Gasteiger partial charge in [-0.25, -0.2) is 0 Å². The maximum atomic E-state index is 5.38. The van der Waals surface area contributed by atoms with Crippen LogP contribution in [0.15, 0.2) is 46.9 Å². The molecule has 1 atom stereocenters. The lowest BCUT2D eigenvalue weighted by molar-refractivity contribution is 0.416. The zero-order valence-corrected chi connectivity index (χ0v) is 13.0. The van der Waals surface area contributed by atoms with Crippen LogP contribution in [0.1, 0.15) is 24.1 Å². The van der Waals surface area contributed by atoms with Crippen molar-refractivity contribution in [3.05, 3.63) is 58.1 Å². The topological polar surface area (TPSA) is 21.3 Å². The Hall–Kier alpha value is -1.48. The Kier molecular flexibility index (Phi) is 4.48. The third-order valence-corrected chi connectivity index (χ3v) is 3.68. The van der Waals surface area contributed by atoms with Gasteiger partial charge in [-0.15, -0.1) is 0 Å². The van der Waals surface area contributed by atoms with Gasteiger partial charge in [0.05, 0.1) is 12.8 Å². The maximum Gasteiger partial charge on any atom is 0.142 e. The summed E-state index contributed by atoms with van der Waals surface area (Å²) in [7, 11) is 1.69. The van der Waals surface area contributed by atoms with Gasteiger partial charge < -0.3 is 10.1 Å². The zero-order chi connectivity index (χ0) is 13.8. The van der Waals surface area contributed by atoms with E-state index in [0.717, 1.165) is 15.9 Å². The van der Waals surface area contributed by atoms with Gasteiger partial charge in [-0.05, 0) is 43.2 Å². The SMILES string of the molecule is COc1ccc(Br)cc1NC(C)c1ccccc1C. The molecule has 3 heteroatoms. The summed E-state index contributed by atoms with van der Waals surface area (Å²) in [4.78, 5) is 0. The molecule has 0 fully saturated rings. The number of halogens is 1. The molecular formula is C16H18BrNO. The standard InChI is InChI=1S/C16H18BrNO/c1-11-6-4-5-7-14(11)12(2)18-15-10-13(17)8-9-16(15)19-3/h4-10,12,18H,1-3H3. The molecule has 0 aliphatic rings. The second-order valence-electron chi connectivity index (χ2n) is 4.57. The number of methoxy groups -OCH3 is 1. The molecule has 0 spiro atoms. The van der Waals surface area contributed by atoms with Gasteiger partial charge in [-0.2, -0.15) is 0 Å². The van der Waals surface area contributed by atoms with Crippen LogP contribution in [0.4, 0.5) is 5.69 Å². The van der Waals surface area contributed by atoms with Gasteiger partial charge in [0.1, 0.15) is 5.75 Å². The lowest BCUT2D eigenvalue weighted by Gasteiger charge is -2.19. The minimum Gasteiger partial charge on any atom is -0.495 e. The highest BCUT2D eigenvalue weighted by Gasteiger charge is 2.10. The Morgan fingerprint density at radius 2 is 1.89 bits per heavy atom. The highest BCUT2D eigenvalue weighted by Crippen LogP contribution is 2.31. The number of hydrogen-bond donors (Lipinski definition) is 1. The molecule has 100 valence electrons. The highest BCUT2D eigenvalue weighted by molar-refractivity contribution is 9.10. The molecule has 0 aliphatic carbocycles. The molecular weight excluding hydrogens is 302 g/mol. The Morgan fingerprint density at radius 3 is 2.58 bits per heavy atom. The summed E-state index contributed by atoms with van der Waals surface area (Å²) in [6.45, 7) is 4.29. The van der Waals surface area contributed by atoms with Gasteiger partial charge in [0, 0.05) is 10.5 Å². The van der Waals surface area contributed by atoms with Crippen molar-refractivity contribution in [3.8, 4) is 5.75 Å². The molecule has 2 aromatic rings.